The van der Waals surface area contributed by atoms with Crippen LogP contribution in [0.2, 0.25) is 0 Å². The second kappa shape index (κ2) is 9.03. The van der Waals surface area contributed by atoms with E-state index >= 15 is 0 Å². The van der Waals surface area contributed by atoms with Crippen LogP contribution >= 0.6 is 11.6 Å². The van der Waals surface area contributed by atoms with Gasteiger partial charge in [0.15, 0.2) is 0 Å². The minimum atomic E-state index is 0.811. The lowest BCUT2D eigenvalue weighted by Gasteiger charge is -1.94. The van der Waals surface area contributed by atoms with Gasteiger partial charge in [-0.2, -0.15) is 0 Å². The zero-order valence-electron chi connectivity index (χ0n) is 6.48. The van der Waals surface area contributed by atoms with Crippen molar-refractivity contribution in [3.05, 3.63) is 19.1 Å². The van der Waals surface area contributed by atoms with Gasteiger partial charge in [0.05, 0.1) is 0 Å². The molecule has 0 amide bonds. The van der Waals surface area contributed by atoms with Crippen molar-refractivity contribution in [2.75, 3.05) is 5.88 Å². The number of rotatable bonds is 6. The molecule has 0 atom stereocenters. The maximum absolute atomic E-state index is 5.52. The smallest absolute Gasteiger partial charge is 0.0223 e. The number of unbranched alkanes of at least 4 members (excludes halogenated alkanes) is 4. The van der Waals surface area contributed by atoms with E-state index in [1.807, 2.05) is 6.08 Å². The van der Waals surface area contributed by atoms with Gasteiger partial charge in [0.2, 0.25) is 0 Å². The highest BCUT2D eigenvalue weighted by molar-refractivity contribution is 6.17. The van der Waals surface area contributed by atoms with Gasteiger partial charge in [0, 0.05) is 5.88 Å². The van der Waals surface area contributed by atoms with Crippen molar-refractivity contribution < 1.29 is 0 Å². The molecule has 0 heterocycles. The summed E-state index contributed by atoms with van der Waals surface area (Å²) in [6.07, 6.45) is 10.2. The van der Waals surface area contributed by atoms with Crippen LogP contribution in [0.15, 0.2) is 12.2 Å². The van der Waals surface area contributed by atoms with Gasteiger partial charge in [-0.15, -0.1) is 11.6 Å². The fraction of sp³-hybridized carbons (Fsp3) is 0.667. The second-order valence-corrected chi connectivity index (χ2v) is 2.74. The van der Waals surface area contributed by atoms with E-state index in [4.69, 9.17) is 11.6 Å². The lowest BCUT2D eigenvalue weighted by Crippen LogP contribution is -1.77. The third-order valence-electron chi connectivity index (χ3n) is 1.42. The van der Waals surface area contributed by atoms with E-state index in [1.54, 1.807) is 0 Å². The van der Waals surface area contributed by atoms with Crippen LogP contribution in [0, 0.1) is 6.92 Å². The molecule has 1 heteroatoms. The van der Waals surface area contributed by atoms with Gasteiger partial charge in [-0.25, -0.2) is 0 Å². The van der Waals surface area contributed by atoms with E-state index in [0.29, 0.717) is 0 Å². The van der Waals surface area contributed by atoms with Crippen molar-refractivity contribution >= 4 is 11.6 Å². The molecule has 0 saturated carbocycles. The molecule has 1 radical (unpaired) electrons. The Labute approximate surface area is 69.3 Å². The summed E-state index contributed by atoms with van der Waals surface area (Å²) in [6.45, 7) is 3.62. The van der Waals surface area contributed by atoms with Crippen molar-refractivity contribution in [2.24, 2.45) is 0 Å². The Morgan fingerprint density at radius 2 is 1.80 bits per heavy atom. The van der Waals surface area contributed by atoms with Gasteiger partial charge in [0.1, 0.15) is 0 Å². The summed E-state index contributed by atoms with van der Waals surface area (Å²) in [4.78, 5) is 0. The van der Waals surface area contributed by atoms with Crippen LogP contribution in [-0.2, 0) is 0 Å². The van der Waals surface area contributed by atoms with Crippen LogP contribution in [-0.4, -0.2) is 5.88 Å². The SMILES string of the molecule is [CH2]C=CCCCCCCCl. The predicted octanol–water partition coefficient (Wildman–Crippen LogP) is 3.57. The molecule has 0 aliphatic rings. The lowest BCUT2D eigenvalue weighted by atomic mass is 10.1. The van der Waals surface area contributed by atoms with Crippen molar-refractivity contribution in [1.82, 2.24) is 0 Å². The Morgan fingerprint density at radius 3 is 2.40 bits per heavy atom. The molecule has 0 aromatic rings. The zero-order chi connectivity index (χ0) is 7.66. The topological polar surface area (TPSA) is 0 Å². The summed E-state index contributed by atoms with van der Waals surface area (Å²) < 4.78 is 0. The summed E-state index contributed by atoms with van der Waals surface area (Å²) in [7, 11) is 0. The molecule has 59 valence electrons. The monoisotopic (exact) mass is 159 g/mol. The largest absolute Gasteiger partial charge is 0.127 e. The number of halogens is 1. The van der Waals surface area contributed by atoms with E-state index in [-0.39, 0.29) is 0 Å². The molecule has 0 bridgehead atoms. The Balaban J connectivity index is 2.77. The summed E-state index contributed by atoms with van der Waals surface area (Å²) in [5.41, 5.74) is 0. The van der Waals surface area contributed by atoms with E-state index in [2.05, 4.69) is 13.0 Å². The average Bonchev–Trinajstić information content (AvgIpc) is 1.97. The molecular formula is C9H16Cl. The first-order chi connectivity index (χ1) is 4.91. The van der Waals surface area contributed by atoms with E-state index < -0.39 is 0 Å². The fourth-order valence-corrected chi connectivity index (χ4v) is 1.02. The van der Waals surface area contributed by atoms with Gasteiger partial charge >= 0.3 is 0 Å². The minimum Gasteiger partial charge on any atom is -0.127 e. The van der Waals surface area contributed by atoms with Crippen molar-refractivity contribution in [3.63, 3.8) is 0 Å². The molecule has 0 aliphatic heterocycles. The molecule has 0 N–H and O–H groups in total. The lowest BCUT2D eigenvalue weighted by molar-refractivity contribution is 0.677. The molecule has 0 saturated heterocycles. The second-order valence-electron chi connectivity index (χ2n) is 2.36. The van der Waals surface area contributed by atoms with Crippen LogP contribution in [0.4, 0.5) is 0 Å². The molecule has 0 nitrogen and oxygen atoms in total. The van der Waals surface area contributed by atoms with Crippen LogP contribution in [0.1, 0.15) is 32.1 Å². The van der Waals surface area contributed by atoms with Crippen molar-refractivity contribution in [1.29, 1.82) is 0 Å². The maximum atomic E-state index is 5.52. The molecule has 0 unspecified atom stereocenters. The molecular weight excluding hydrogens is 144 g/mol. The first-order valence-electron chi connectivity index (χ1n) is 3.92. The maximum Gasteiger partial charge on any atom is 0.0223 e. The number of hydrogen-bond acceptors (Lipinski definition) is 0. The highest BCUT2D eigenvalue weighted by Gasteiger charge is 1.85. The molecule has 0 rings (SSSR count). The van der Waals surface area contributed by atoms with Gasteiger partial charge in [-0.3, -0.25) is 0 Å². The van der Waals surface area contributed by atoms with Crippen LogP contribution in [0.5, 0.6) is 0 Å². The van der Waals surface area contributed by atoms with Crippen LogP contribution in [0.25, 0.3) is 0 Å². The molecule has 0 aromatic heterocycles. The Hall–Kier alpha value is 0.0300. The Bertz CT molecular complexity index is 76.8. The Kier molecular flexibility index (Phi) is 9.06. The standard InChI is InChI=1S/C9H16Cl/c1-2-3-4-5-6-7-8-9-10/h2-3H,1,4-9H2. The minimum absolute atomic E-state index is 0.811. The van der Waals surface area contributed by atoms with Gasteiger partial charge in [-0.1, -0.05) is 25.0 Å². The summed E-state index contributed by atoms with van der Waals surface area (Å²) in [6, 6.07) is 0. The summed E-state index contributed by atoms with van der Waals surface area (Å²) >= 11 is 5.52. The number of hydrogen-bond donors (Lipinski definition) is 0. The quantitative estimate of drug-likeness (QED) is 0.411. The normalized spacial score (nSPS) is 11.0. The molecule has 0 fully saturated rings. The first kappa shape index (κ1) is 10.0. The summed E-state index contributed by atoms with van der Waals surface area (Å²) in [5.74, 6) is 0.811. The third-order valence-corrected chi connectivity index (χ3v) is 1.69. The van der Waals surface area contributed by atoms with E-state index in [0.717, 1.165) is 12.3 Å². The van der Waals surface area contributed by atoms with Crippen molar-refractivity contribution in [2.45, 2.75) is 32.1 Å². The molecule has 0 aromatic carbocycles. The predicted molar refractivity (Wildman–Crippen MR) is 48.3 cm³/mol. The van der Waals surface area contributed by atoms with E-state index in [1.165, 1.54) is 25.7 Å². The van der Waals surface area contributed by atoms with E-state index in [9.17, 15) is 0 Å². The molecule has 0 aliphatic carbocycles. The third kappa shape index (κ3) is 8.03. The molecule has 10 heavy (non-hydrogen) atoms. The van der Waals surface area contributed by atoms with Crippen molar-refractivity contribution in [3.8, 4) is 0 Å². The number of allylic oxidation sites excluding steroid dienone is 2. The molecule has 0 spiro atoms. The number of alkyl halides is 1. The van der Waals surface area contributed by atoms with Gasteiger partial charge in [-0.05, 0) is 26.2 Å². The summed E-state index contributed by atoms with van der Waals surface area (Å²) in [5, 5.41) is 0. The Morgan fingerprint density at radius 1 is 1.10 bits per heavy atom. The van der Waals surface area contributed by atoms with Crippen LogP contribution < -0.4 is 0 Å². The van der Waals surface area contributed by atoms with Gasteiger partial charge < -0.3 is 0 Å². The highest BCUT2D eigenvalue weighted by Crippen LogP contribution is 2.03. The fourth-order valence-electron chi connectivity index (χ4n) is 0.828. The van der Waals surface area contributed by atoms with Gasteiger partial charge in [0.25, 0.3) is 0 Å². The average molecular weight is 160 g/mol. The van der Waals surface area contributed by atoms with Crippen LogP contribution in [0.3, 0.4) is 0 Å². The zero-order valence-corrected chi connectivity index (χ0v) is 7.24. The highest BCUT2D eigenvalue weighted by atomic mass is 35.5. The first-order valence-corrected chi connectivity index (χ1v) is 4.45.